The second kappa shape index (κ2) is 5.34. The quantitative estimate of drug-likeness (QED) is 0.856. The SMILES string of the molecule is NC(=O)C[C@@H](Cc1ccccc1)c1ccco1. The Morgan fingerprint density at radius 2 is 1.94 bits per heavy atom. The molecule has 0 unspecified atom stereocenters. The number of nitrogens with two attached hydrogens (primary N) is 1. The van der Waals surface area contributed by atoms with Gasteiger partial charge in [0.25, 0.3) is 0 Å². The molecular formula is C14H15NO2. The molecule has 0 bridgehead atoms. The van der Waals surface area contributed by atoms with Gasteiger partial charge in [0, 0.05) is 12.3 Å². The number of hydrogen-bond acceptors (Lipinski definition) is 2. The highest BCUT2D eigenvalue weighted by Gasteiger charge is 2.17. The van der Waals surface area contributed by atoms with Gasteiger partial charge in [0.2, 0.25) is 5.91 Å². The molecule has 0 aliphatic rings. The third-order valence-corrected chi connectivity index (χ3v) is 2.72. The largest absolute Gasteiger partial charge is 0.469 e. The van der Waals surface area contributed by atoms with Gasteiger partial charge in [0.15, 0.2) is 0 Å². The summed E-state index contributed by atoms with van der Waals surface area (Å²) in [4.78, 5) is 11.1. The monoisotopic (exact) mass is 229 g/mol. The number of carbonyl (C=O) groups excluding carboxylic acids is 1. The highest BCUT2D eigenvalue weighted by Crippen LogP contribution is 2.24. The Morgan fingerprint density at radius 1 is 1.18 bits per heavy atom. The number of carbonyl (C=O) groups is 1. The van der Waals surface area contributed by atoms with E-state index in [1.165, 1.54) is 5.56 Å². The van der Waals surface area contributed by atoms with Crippen molar-refractivity contribution in [2.75, 3.05) is 0 Å². The fourth-order valence-electron chi connectivity index (χ4n) is 1.94. The van der Waals surface area contributed by atoms with Crippen molar-refractivity contribution in [3.05, 3.63) is 60.1 Å². The molecule has 88 valence electrons. The zero-order valence-corrected chi connectivity index (χ0v) is 9.50. The summed E-state index contributed by atoms with van der Waals surface area (Å²) in [6.45, 7) is 0. The Balaban J connectivity index is 2.14. The number of benzene rings is 1. The molecule has 3 nitrogen and oxygen atoms in total. The zero-order valence-electron chi connectivity index (χ0n) is 9.50. The van der Waals surface area contributed by atoms with Crippen LogP contribution in [0.1, 0.15) is 23.7 Å². The average Bonchev–Trinajstić information content (AvgIpc) is 2.82. The van der Waals surface area contributed by atoms with Crippen LogP contribution in [0.25, 0.3) is 0 Å². The third kappa shape index (κ3) is 3.21. The summed E-state index contributed by atoms with van der Waals surface area (Å²) in [6.07, 6.45) is 2.69. The van der Waals surface area contributed by atoms with Crippen LogP contribution in [0.2, 0.25) is 0 Å². The molecule has 1 aromatic carbocycles. The van der Waals surface area contributed by atoms with E-state index in [2.05, 4.69) is 0 Å². The molecule has 2 aromatic rings. The molecule has 2 rings (SSSR count). The summed E-state index contributed by atoms with van der Waals surface area (Å²) in [5, 5.41) is 0. The summed E-state index contributed by atoms with van der Waals surface area (Å²) in [5.74, 6) is 0.528. The summed E-state index contributed by atoms with van der Waals surface area (Å²) in [6, 6.07) is 13.7. The van der Waals surface area contributed by atoms with Gasteiger partial charge in [-0.3, -0.25) is 4.79 Å². The van der Waals surface area contributed by atoms with Gasteiger partial charge in [-0.05, 0) is 24.1 Å². The van der Waals surface area contributed by atoms with Gasteiger partial charge < -0.3 is 10.2 Å². The first-order chi connectivity index (χ1) is 8.25. The molecule has 0 saturated carbocycles. The molecular weight excluding hydrogens is 214 g/mol. The Labute approximate surface area is 100 Å². The van der Waals surface area contributed by atoms with Crippen molar-refractivity contribution in [2.45, 2.75) is 18.8 Å². The molecule has 0 aliphatic heterocycles. The maximum absolute atomic E-state index is 11.1. The summed E-state index contributed by atoms with van der Waals surface area (Å²) < 4.78 is 5.36. The van der Waals surface area contributed by atoms with Gasteiger partial charge in [-0.2, -0.15) is 0 Å². The van der Waals surface area contributed by atoms with E-state index in [0.717, 1.165) is 12.2 Å². The number of amides is 1. The van der Waals surface area contributed by atoms with Crippen molar-refractivity contribution in [1.82, 2.24) is 0 Å². The second-order valence-corrected chi connectivity index (χ2v) is 4.07. The van der Waals surface area contributed by atoms with E-state index in [0.29, 0.717) is 6.42 Å². The van der Waals surface area contributed by atoms with E-state index in [4.69, 9.17) is 10.2 Å². The van der Waals surface area contributed by atoms with Crippen LogP contribution in [-0.4, -0.2) is 5.91 Å². The third-order valence-electron chi connectivity index (χ3n) is 2.72. The van der Waals surface area contributed by atoms with Gasteiger partial charge in [0.05, 0.1) is 6.26 Å². The predicted molar refractivity (Wildman–Crippen MR) is 65.4 cm³/mol. The fourth-order valence-corrected chi connectivity index (χ4v) is 1.94. The summed E-state index contributed by atoms with van der Waals surface area (Å²) in [5.41, 5.74) is 6.45. The first-order valence-corrected chi connectivity index (χ1v) is 5.61. The van der Waals surface area contributed by atoms with E-state index in [1.54, 1.807) is 6.26 Å². The molecule has 0 spiro atoms. The van der Waals surface area contributed by atoms with Crippen LogP contribution in [0.5, 0.6) is 0 Å². The van der Waals surface area contributed by atoms with E-state index >= 15 is 0 Å². The van der Waals surface area contributed by atoms with Crippen molar-refractivity contribution in [3.8, 4) is 0 Å². The molecule has 17 heavy (non-hydrogen) atoms. The molecule has 1 aromatic heterocycles. The number of furan rings is 1. The first-order valence-electron chi connectivity index (χ1n) is 5.61. The summed E-state index contributed by atoms with van der Waals surface area (Å²) in [7, 11) is 0. The molecule has 1 amide bonds. The maximum atomic E-state index is 11.1. The number of primary amides is 1. The first kappa shape index (κ1) is 11.5. The predicted octanol–water partition coefficient (Wildman–Crippen LogP) is 2.48. The Bertz CT molecular complexity index is 462. The molecule has 3 heteroatoms. The van der Waals surface area contributed by atoms with Gasteiger partial charge in [-0.25, -0.2) is 0 Å². The fraction of sp³-hybridized carbons (Fsp3) is 0.214. The van der Waals surface area contributed by atoms with Crippen molar-refractivity contribution in [3.63, 3.8) is 0 Å². The van der Waals surface area contributed by atoms with Crippen LogP contribution in [0.15, 0.2) is 53.1 Å². The summed E-state index contributed by atoms with van der Waals surface area (Å²) >= 11 is 0. The average molecular weight is 229 g/mol. The Morgan fingerprint density at radius 3 is 2.53 bits per heavy atom. The number of rotatable bonds is 5. The van der Waals surface area contributed by atoms with Crippen LogP contribution in [0, 0.1) is 0 Å². The molecule has 0 saturated heterocycles. The van der Waals surface area contributed by atoms with Crippen molar-refractivity contribution < 1.29 is 9.21 Å². The molecule has 2 N–H and O–H groups in total. The molecule has 0 fully saturated rings. The van der Waals surface area contributed by atoms with Crippen LogP contribution < -0.4 is 5.73 Å². The maximum Gasteiger partial charge on any atom is 0.218 e. The van der Waals surface area contributed by atoms with Crippen LogP contribution in [-0.2, 0) is 11.2 Å². The van der Waals surface area contributed by atoms with E-state index in [9.17, 15) is 4.79 Å². The van der Waals surface area contributed by atoms with Crippen molar-refractivity contribution in [1.29, 1.82) is 0 Å². The molecule has 1 heterocycles. The lowest BCUT2D eigenvalue weighted by molar-refractivity contribution is -0.118. The van der Waals surface area contributed by atoms with Gasteiger partial charge in [-0.15, -0.1) is 0 Å². The van der Waals surface area contributed by atoms with Gasteiger partial charge in [0.1, 0.15) is 5.76 Å². The normalized spacial score (nSPS) is 12.2. The molecule has 0 radical (unpaired) electrons. The minimum absolute atomic E-state index is 0.0184. The van der Waals surface area contributed by atoms with Gasteiger partial charge in [-0.1, -0.05) is 30.3 Å². The second-order valence-electron chi connectivity index (χ2n) is 4.07. The smallest absolute Gasteiger partial charge is 0.218 e. The standard InChI is InChI=1S/C14H15NO2/c15-14(16)10-12(13-7-4-8-17-13)9-11-5-2-1-3-6-11/h1-8,12H,9-10H2,(H2,15,16)/t12-/m1/s1. The minimum atomic E-state index is -0.303. The lowest BCUT2D eigenvalue weighted by Gasteiger charge is -2.12. The Hall–Kier alpha value is -2.03. The topological polar surface area (TPSA) is 56.2 Å². The van der Waals surface area contributed by atoms with E-state index in [1.807, 2.05) is 42.5 Å². The highest BCUT2D eigenvalue weighted by molar-refractivity contribution is 5.74. The lowest BCUT2D eigenvalue weighted by atomic mass is 9.94. The van der Waals surface area contributed by atoms with E-state index in [-0.39, 0.29) is 11.8 Å². The van der Waals surface area contributed by atoms with Crippen LogP contribution >= 0.6 is 0 Å². The Kier molecular flexibility index (Phi) is 3.60. The van der Waals surface area contributed by atoms with Gasteiger partial charge >= 0.3 is 0 Å². The molecule has 1 atom stereocenters. The zero-order chi connectivity index (χ0) is 12.1. The molecule has 0 aliphatic carbocycles. The van der Waals surface area contributed by atoms with Crippen molar-refractivity contribution >= 4 is 5.91 Å². The number of hydrogen-bond donors (Lipinski definition) is 1. The van der Waals surface area contributed by atoms with Crippen LogP contribution in [0.4, 0.5) is 0 Å². The van der Waals surface area contributed by atoms with Crippen LogP contribution in [0.3, 0.4) is 0 Å². The minimum Gasteiger partial charge on any atom is -0.469 e. The van der Waals surface area contributed by atoms with E-state index < -0.39 is 0 Å². The highest BCUT2D eigenvalue weighted by atomic mass is 16.3. The van der Waals surface area contributed by atoms with Crippen molar-refractivity contribution in [2.24, 2.45) is 5.73 Å². The lowest BCUT2D eigenvalue weighted by Crippen LogP contribution is -2.16.